The molecule has 0 amide bonds. The summed E-state index contributed by atoms with van der Waals surface area (Å²) in [6.45, 7) is 5.75. The van der Waals surface area contributed by atoms with Gasteiger partial charge in [0.15, 0.2) is 5.65 Å². The Hall–Kier alpha value is -2.38. The van der Waals surface area contributed by atoms with Crippen molar-refractivity contribution in [3.05, 3.63) is 40.9 Å². The second-order valence-electron chi connectivity index (χ2n) is 6.31. The fourth-order valence-electron chi connectivity index (χ4n) is 2.99. The van der Waals surface area contributed by atoms with Crippen LogP contribution in [0.2, 0.25) is 5.02 Å². The van der Waals surface area contributed by atoms with Gasteiger partial charge in [0.1, 0.15) is 17.0 Å². The average Bonchev–Trinajstić information content (AvgIpc) is 2.60. The number of halogens is 2. The maximum Gasteiger partial charge on any atom is 0.228 e. The van der Waals surface area contributed by atoms with E-state index < -0.39 is 5.82 Å². The summed E-state index contributed by atoms with van der Waals surface area (Å²) in [6.07, 6.45) is 1.70. The molecule has 2 aromatic heterocycles. The first kappa shape index (κ1) is 17.1. The van der Waals surface area contributed by atoms with E-state index in [1.807, 2.05) is 18.7 Å². The molecule has 134 valence electrons. The lowest BCUT2D eigenvalue weighted by molar-refractivity contribution is 0.0526. The van der Waals surface area contributed by atoms with Crippen LogP contribution in [0.5, 0.6) is 0 Å². The van der Waals surface area contributed by atoms with Crippen molar-refractivity contribution >= 4 is 28.7 Å². The first-order chi connectivity index (χ1) is 12.5. The Labute approximate surface area is 155 Å². The summed E-state index contributed by atoms with van der Waals surface area (Å²) in [6, 6.07) is 4.50. The maximum absolute atomic E-state index is 14.6. The number of benzene rings is 1. The van der Waals surface area contributed by atoms with Gasteiger partial charge in [-0.1, -0.05) is 11.6 Å². The number of rotatable bonds is 2. The maximum atomic E-state index is 14.6. The van der Waals surface area contributed by atoms with Crippen LogP contribution in [0.3, 0.4) is 0 Å². The molecule has 1 atom stereocenters. The van der Waals surface area contributed by atoms with E-state index in [1.165, 1.54) is 6.07 Å². The zero-order valence-electron chi connectivity index (χ0n) is 14.4. The van der Waals surface area contributed by atoms with Gasteiger partial charge in [0.25, 0.3) is 0 Å². The van der Waals surface area contributed by atoms with Crippen LogP contribution in [0.15, 0.2) is 24.4 Å². The Bertz CT molecular complexity index is 983. The van der Waals surface area contributed by atoms with Crippen LogP contribution >= 0.6 is 11.6 Å². The van der Waals surface area contributed by atoms with Gasteiger partial charge in [-0.3, -0.25) is 0 Å². The van der Waals surface area contributed by atoms with Gasteiger partial charge < -0.3 is 9.64 Å². The zero-order chi connectivity index (χ0) is 18.3. The Morgan fingerprint density at radius 2 is 2.12 bits per heavy atom. The molecule has 0 aliphatic carbocycles. The van der Waals surface area contributed by atoms with E-state index in [2.05, 4.69) is 19.9 Å². The van der Waals surface area contributed by atoms with Crippen molar-refractivity contribution in [1.29, 1.82) is 0 Å². The van der Waals surface area contributed by atoms with Gasteiger partial charge in [0, 0.05) is 29.9 Å². The van der Waals surface area contributed by atoms with Crippen LogP contribution in [-0.4, -0.2) is 45.7 Å². The van der Waals surface area contributed by atoms with Crippen LogP contribution in [0.4, 0.5) is 10.3 Å². The molecule has 1 saturated heterocycles. The van der Waals surface area contributed by atoms with E-state index >= 15 is 0 Å². The molecule has 1 aliphatic rings. The summed E-state index contributed by atoms with van der Waals surface area (Å²) in [7, 11) is 0. The van der Waals surface area contributed by atoms with Gasteiger partial charge in [-0.15, -0.1) is 0 Å². The molecular weight excluding hydrogens is 357 g/mol. The van der Waals surface area contributed by atoms with Crippen LogP contribution in [0.1, 0.15) is 12.6 Å². The third kappa shape index (κ3) is 3.20. The molecule has 4 rings (SSSR count). The number of anilines is 1. The smallest absolute Gasteiger partial charge is 0.228 e. The number of hydrogen-bond acceptors (Lipinski definition) is 6. The van der Waals surface area contributed by atoms with Gasteiger partial charge in [0.2, 0.25) is 5.95 Å². The lowest BCUT2D eigenvalue weighted by atomic mass is 10.1. The van der Waals surface area contributed by atoms with Crippen molar-refractivity contribution < 1.29 is 9.13 Å². The highest BCUT2D eigenvalue weighted by Gasteiger charge is 2.22. The van der Waals surface area contributed by atoms with Crippen LogP contribution < -0.4 is 4.90 Å². The summed E-state index contributed by atoms with van der Waals surface area (Å²) in [5, 5.41) is 0.328. The van der Waals surface area contributed by atoms with E-state index in [1.54, 1.807) is 18.3 Å². The standard InChI is InChI=1S/C18H17ClFN5O/c1-10-8-21-16-15(13-4-3-12(19)7-14(13)20)23-18(24-17(16)22-10)25-5-6-26-11(2)9-25/h3-4,7-8,11H,5-6,9H2,1-2H3/t11-/m1/s1. The van der Waals surface area contributed by atoms with Crippen molar-refractivity contribution in [3.8, 4) is 11.3 Å². The number of morpholine rings is 1. The minimum atomic E-state index is -0.457. The number of hydrogen-bond donors (Lipinski definition) is 0. The Morgan fingerprint density at radius 3 is 2.88 bits per heavy atom. The number of ether oxygens (including phenoxy) is 1. The largest absolute Gasteiger partial charge is 0.375 e. The van der Waals surface area contributed by atoms with Crippen LogP contribution in [0, 0.1) is 12.7 Å². The molecule has 6 nitrogen and oxygen atoms in total. The van der Waals surface area contributed by atoms with Crippen molar-refractivity contribution in [2.75, 3.05) is 24.6 Å². The van der Waals surface area contributed by atoms with Gasteiger partial charge in [-0.25, -0.2) is 19.3 Å². The first-order valence-electron chi connectivity index (χ1n) is 8.34. The topological polar surface area (TPSA) is 64.0 Å². The third-order valence-corrected chi connectivity index (χ3v) is 4.46. The van der Waals surface area contributed by atoms with E-state index in [0.717, 1.165) is 5.69 Å². The molecular formula is C18H17ClFN5O. The molecule has 0 N–H and O–H groups in total. The average molecular weight is 374 g/mol. The highest BCUT2D eigenvalue weighted by Crippen LogP contribution is 2.30. The molecule has 8 heteroatoms. The van der Waals surface area contributed by atoms with E-state index in [-0.39, 0.29) is 6.10 Å². The van der Waals surface area contributed by atoms with Gasteiger partial charge in [-0.05, 0) is 32.0 Å². The molecule has 1 fully saturated rings. The second-order valence-corrected chi connectivity index (χ2v) is 6.74. The SMILES string of the molecule is Cc1cnc2c(-c3ccc(Cl)cc3F)nc(N3CCO[C@H](C)C3)nc2n1. The lowest BCUT2D eigenvalue weighted by Gasteiger charge is -2.31. The minimum absolute atomic E-state index is 0.0716. The highest BCUT2D eigenvalue weighted by atomic mass is 35.5. The number of aryl methyl sites for hydroxylation is 1. The predicted octanol–water partition coefficient (Wildman–Crippen LogP) is 3.41. The summed E-state index contributed by atoms with van der Waals surface area (Å²) in [5.41, 5.74) is 2.37. The van der Waals surface area contributed by atoms with Crippen LogP contribution in [-0.2, 0) is 4.74 Å². The number of aromatic nitrogens is 4. The molecule has 0 bridgehead atoms. The lowest BCUT2D eigenvalue weighted by Crippen LogP contribution is -2.42. The van der Waals surface area contributed by atoms with Gasteiger partial charge >= 0.3 is 0 Å². The fourth-order valence-corrected chi connectivity index (χ4v) is 3.15. The Balaban J connectivity index is 1.92. The Kier molecular flexibility index (Phi) is 4.42. The fraction of sp³-hybridized carbons (Fsp3) is 0.333. The molecule has 0 radical (unpaired) electrons. The van der Waals surface area contributed by atoms with Crippen molar-refractivity contribution in [1.82, 2.24) is 19.9 Å². The molecule has 0 spiro atoms. The second kappa shape index (κ2) is 6.74. The molecule has 0 unspecified atom stereocenters. The normalized spacial score (nSPS) is 17.7. The Morgan fingerprint density at radius 1 is 1.27 bits per heavy atom. The summed E-state index contributed by atoms with van der Waals surface area (Å²) >= 11 is 5.89. The predicted molar refractivity (Wildman–Crippen MR) is 97.9 cm³/mol. The quantitative estimate of drug-likeness (QED) is 0.686. The highest BCUT2D eigenvalue weighted by molar-refractivity contribution is 6.30. The zero-order valence-corrected chi connectivity index (χ0v) is 15.2. The number of fused-ring (bicyclic) bond motifs is 1. The van der Waals surface area contributed by atoms with Crippen molar-refractivity contribution in [3.63, 3.8) is 0 Å². The van der Waals surface area contributed by atoms with Gasteiger partial charge in [-0.2, -0.15) is 4.98 Å². The van der Waals surface area contributed by atoms with E-state index in [0.29, 0.717) is 53.1 Å². The molecule has 1 aromatic carbocycles. The summed E-state index contributed by atoms with van der Waals surface area (Å²) < 4.78 is 20.1. The van der Waals surface area contributed by atoms with Crippen molar-refractivity contribution in [2.24, 2.45) is 0 Å². The van der Waals surface area contributed by atoms with Gasteiger partial charge in [0.05, 0.1) is 18.4 Å². The van der Waals surface area contributed by atoms with Crippen molar-refractivity contribution in [2.45, 2.75) is 20.0 Å². The van der Waals surface area contributed by atoms with Crippen LogP contribution in [0.25, 0.3) is 22.4 Å². The summed E-state index contributed by atoms with van der Waals surface area (Å²) in [5.74, 6) is 0.0399. The molecule has 3 aromatic rings. The summed E-state index contributed by atoms with van der Waals surface area (Å²) in [4.78, 5) is 20.1. The van der Waals surface area contributed by atoms with E-state index in [4.69, 9.17) is 16.3 Å². The molecule has 1 aliphatic heterocycles. The first-order valence-corrected chi connectivity index (χ1v) is 8.72. The molecule has 0 saturated carbocycles. The molecule has 26 heavy (non-hydrogen) atoms. The number of nitrogens with zero attached hydrogens (tertiary/aromatic N) is 5. The third-order valence-electron chi connectivity index (χ3n) is 4.23. The molecule has 3 heterocycles. The van der Waals surface area contributed by atoms with E-state index in [9.17, 15) is 4.39 Å². The monoisotopic (exact) mass is 373 g/mol. The minimum Gasteiger partial charge on any atom is -0.375 e.